The van der Waals surface area contributed by atoms with Crippen LogP contribution in [0.4, 0.5) is 11.4 Å². The Kier molecular flexibility index (Phi) is 7.16. The van der Waals surface area contributed by atoms with Gasteiger partial charge in [-0.2, -0.15) is 0 Å². The van der Waals surface area contributed by atoms with Gasteiger partial charge in [-0.15, -0.1) is 0 Å². The summed E-state index contributed by atoms with van der Waals surface area (Å²) in [6.45, 7) is 3.67. The molecule has 0 saturated carbocycles. The lowest BCUT2D eigenvalue weighted by atomic mass is 10.2. The quantitative estimate of drug-likeness (QED) is 0.407. The van der Waals surface area contributed by atoms with E-state index < -0.39 is 0 Å². The first-order valence-corrected chi connectivity index (χ1v) is 6.69. The number of halogens is 1. The minimum atomic E-state index is 0. The highest BCUT2D eigenvalue weighted by atomic mass is 127. The molecule has 0 radical (unpaired) electrons. The summed E-state index contributed by atoms with van der Waals surface area (Å²) in [4.78, 5) is 0. The molecule has 0 spiro atoms. The lowest BCUT2D eigenvalue weighted by Crippen LogP contribution is -1.89. The molecule has 0 heterocycles. The number of phenolic OH excluding ortho intramolecular Hbond substituents is 2. The summed E-state index contributed by atoms with van der Waals surface area (Å²) in [6, 6.07) is 8.50. The van der Waals surface area contributed by atoms with E-state index in [9.17, 15) is 0 Å². The van der Waals surface area contributed by atoms with Crippen LogP contribution >= 0.6 is 22.6 Å². The van der Waals surface area contributed by atoms with Crippen LogP contribution in [0.25, 0.3) is 0 Å². The first-order chi connectivity index (χ1) is 8.81. The van der Waals surface area contributed by atoms with Crippen LogP contribution in [0.2, 0.25) is 0 Å². The van der Waals surface area contributed by atoms with Gasteiger partial charge < -0.3 is 27.2 Å². The van der Waals surface area contributed by atoms with Crippen molar-refractivity contribution >= 4 is 34.0 Å². The molecule has 0 atom stereocenters. The third-order valence-corrected chi connectivity index (χ3v) is 3.48. The maximum atomic E-state index is 9.14. The van der Waals surface area contributed by atoms with Crippen molar-refractivity contribution in [3.63, 3.8) is 0 Å². The largest absolute Gasteiger partial charge is 0.508 e. The van der Waals surface area contributed by atoms with E-state index in [1.807, 2.05) is 19.9 Å². The van der Waals surface area contributed by atoms with Crippen LogP contribution < -0.4 is 11.5 Å². The SMILES string of the molecule is Cc1cc(I)c(N)cc1O.Cc1ccc(N)cc1O.O. The van der Waals surface area contributed by atoms with Gasteiger partial charge in [0.15, 0.2) is 0 Å². The Morgan fingerprint density at radius 2 is 1.45 bits per heavy atom. The van der Waals surface area contributed by atoms with Crippen molar-refractivity contribution in [3.8, 4) is 11.5 Å². The van der Waals surface area contributed by atoms with Gasteiger partial charge in [0.1, 0.15) is 11.5 Å². The summed E-state index contributed by atoms with van der Waals surface area (Å²) in [5.74, 6) is 0.521. The maximum absolute atomic E-state index is 9.14. The molecule has 5 nitrogen and oxygen atoms in total. The molecule has 8 N–H and O–H groups in total. The van der Waals surface area contributed by atoms with Crippen LogP contribution in [0.1, 0.15) is 11.1 Å². The standard InChI is InChI=1S/C7H8INO.C7H9NO.H2O/c1-4-2-5(8)6(9)3-7(4)10;1-5-2-3-6(8)4-7(5)9;/h2-3,10H,9H2,1H3;2-4,9H,8H2,1H3;1H2. The summed E-state index contributed by atoms with van der Waals surface area (Å²) in [5.41, 5.74) is 13.8. The van der Waals surface area contributed by atoms with Crippen LogP contribution in [0.3, 0.4) is 0 Å². The van der Waals surface area contributed by atoms with Gasteiger partial charge in [0.25, 0.3) is 0 Å². The average molecular weight is 390 g/mol. The molecule has 0 bridgehead atoms. The lowest BCUT2D eigenvalue weighted by molar-refractivity contribution is 0.471. The average Bonchev–Trinajstić information content (AvgIpc) is 2.33. The van der Waals surface area contributed by atoms with Gasteiger partial charge in [0.2, 0.25) is 0 Å². The van der Waals surface area contributed by atoms with Crippen LogP contribution in [0.5, 0.6) is 11.5 Å². The second kappa shape index (κ2) is 7.81. The van der Waals surface area contributed by atoms with Gasteiger partial charge in [0.05, 0.1) is 0 Å². The summed E-state index contributed by atoms with van der Waals surface area (Å²) in [6.07, 6.45) is 0. The second-order valence-electron chi connectivity index (χ2n) is 4.21. The van der Waals surface area contributed by atoms with Crippen molar-refractivity contribution in [2.45, 2.75) is 13.8 Å². The predicted octanol–water partition coefficient (Wildman–Crippen LogP) is 2.35. The number of anilines is 2. The number of rotatable bonds is 0. The lowest BCUT2D eigenvalue weighted by Gasteiger charge is -2.01. The van der Waals surface area contributed by atoms with E-state index in [-0.39, 0.29) is 17.0 Å². The van der Waals surface area contributed by atoms with Gasteiger partial charge in [-0.1, -0.05) is 6.07 Å². The van der Waals surface area contributed by atoms with Gasteiger partial charge >= 0.3 is 0 Å². The first-order valence-electron chi connectivity index (χ1n) is 5.61. The van der Waals surface area contributed by atoms with Crippen molar-refractivity contribution in [1.29, 1.82) is 0 Å². The van der Waals surface area contributed by atoms with E-state index in [1.54, 1.807) is 18.2 Å². The molecule has 0 unspecified atom stereocenters. The fourth-order valence-corrected chi connectivity index (χ4v) is 1.93. The monoisotopic (exact) mass is 390 g/mol. The van der Waals surface area contributed by atoms with E-state index in [0.717, 1.165) is 14.7 Å². The van der Waals surface area contributed by atoms with Crippen LogP contribution in [0.15, 0.2) is 30.3 Å². The Labute approximate surface area is 131 Å². The Morgan fingerprint density at radius 1 is 0.900 bits per heavy atom. The van der Waals surface area contributed by atoms with Crippen molar-refractivity contribution in [3.05, 3.63) is 45.0 Å². The first kappa shape index (κ1) is 18.3. The number of nitrogens with two attached hydrogens (primary N) is 2. The molecular weight excluding hydrogens is 371 g/mol. The minimum absolute atomic E-state index is 0. The summed E-state index contributed by atoms with van der Waals surface area (Å²) in [7, 11) is 0. The predicted molar refractivity (Wildman–Crippen MR) is 90.8 cm³/mol. The summed E-state index contributed by atoms with van der Waals surface area (Å²) in [5, 5.41) is 18.2. The number of benzene rings is 2. The van der Waals surface area contributed by atoms with Crippen LogP contribution in [-0.2, 0) is 0 Å². The van der Waals surface area contributed by atoms with Gasteiger partial charge in [-0.05, 0) is 59.7 Å². The van der Waals surface area contributed by atoms with E-state index in [4.69, 9.17) is 21.7 Å². The molecule has 0 saturated heterocycles. The Bertz CT molecular complexity index is 539. The van der Waals surface area contributed by atoms with Gasteiger partial charge in [0, 0.05) is 27.1 Å². The topological polar surface area (TPSA) is 124 Å². The summed E-state index contributed by atoms with van der Waals surface area (Å²) >= 11 is 2.13. The zero-order valence-electron chi connectivity index (χ0n) is 11.3. The molecule has 0 aliphatic carbocycles. The smallest absolute Gasteiger partial charge is 0.120 e. The Hall–Kier alpha value is -1.67. The van der Waals surface area contributed by atoms with E-state index in [2.05, 4.69) is 22.6 Å². The molecule has 0 fully saturated rings. The second-order valence-corrected chi connectivity index (χ2v) is 5.37. The Morgan fingerprint density at radius 3 is 1.90 bits per heavy atom. The van der Waals surface area contributed by atoms with Gasteiger partial charge in [-0.3, -0.25) is 0 Å². The van der Waals surface area contributed by atoms with Crippen molar-refractivity contribution < 1.29 is 15.7 Å². The molecular formula is C14H19IN2O3. The molecule has 2 rings (SSSR count). The molecule has 0 aliphatic rings. The fraction of sp³-hybridized carbons (Fsp3) is 0.143. The molecule has 6 heteroatoms. The fourth-order valence-electron chi connectivity index (χ4n) is 1.30. The molecule has 0 aliphatic heterocycles. The third-order valence-electron chi connectivity index (χ3n) is 2.55. The van der Waals surface area contributed by atoms with E-state index in [0.29, 0.717) is 11.4 Å². The highest BCUT2D eigenvalue weighted by Gasteiger charge is 1.99. The zero-order chi connectivity index (χ0) is 14.6. The number of hydrogen-bond donors (Lipinski definition) is 4. The third kappa shape index (κ3) is 5.14. The number of nitrogen functional groups attached to an aromatic ring is 2. The minimum Gasteiger partial charge on any atom is -0.508 e. The Balaban J connectivity index is 0.000000345. The highest BCUT2D eigenvalue weighted by Crippen LogP contribution is 2.24. The van der Waals surface area contributed by atoms with Gasteiger partial charge in [-0.25, -0.2) is 0 Å². The van der Waals surface area contributed by atoms with Crippen molar-refractivity contribution in [2.75, 3.05) is 11.5 Å². The molecule has 20 heavy (non-hydrogen) atoms. The van der Waals surface area contributed by atoms with Crippen LogP contribution in [0, 0.1) is 17.4 Å². The highest BCUT2D eigenvalue weighted by molar-refractivity contribution is 14.1. The van der Waals surface area contributed by atoms with Crippen LogP contribution in [-0.4, -0.2) is 15.7 Å². The molecule has 2 aromatic rings. The number of aromatic hydroxyl groups is 2. The van der Waals surface area contributed by atoms with E-state index >= 15 is 0 Å². The summed E-state index contributed by atoms with van der Waals surface area (Å²) < 4.78 is 0.980. The zero-order valence-corrected chi connectivity index (χ0v) is 13.5. The molecule has 0 aromatic heterocycles. The molecule has 110 valence electrons. The number of phenols is 2. The molecule has 0 amide bonds. The molecule has 2 aromatic carbocycles. The number of aryl methyl sites for hydroxylation is 2. The normalized spacial score (nSPS) is 9.15. The van der Waals surface area contributed by atoms with Crippen molar-refractivity contribution in [2.24, 2.45) is 0 Å². The maximum Gasteiger partial charge on any atom is 0.120 e. The number of hydrogen-bond acceptors (Lipinski definition) is 4. The van der Waals surface area contributed by atoms with Crippen molar-refractivity contribution in [1.82, 2.24) is 0 Å². The van der Waals surface area contributed by atoms with E-state index in [1.165, 1.54) is 6.07 Å².